The van der Waals surface area contributed by atoms with Crippen molar-refractivity contribution in [1.29, 1.82) is 0 Å². The van der Waals surface area contributed by atoms with E-state index in [0.717, 1.165) is 5.69 Å². The third kappa shape index (κ3) is 3.33. The number of nitrogens with zero attached hydrogens (tertiary/aromatic N) is 3. The standard InChI is InChI=1S/C19H22N4O3/c1-3-14-19(25)23(18-15(26-14)10-11-16(20)21-18)12-17(24)22(4-2)13-8-6-5-7-9-13/h5-11,14H,3-4,12H2,1-2H3,(H2,20,21). The number of para-hydroxylation sites is 1. The number of nitrogens with two attached hydrogens (primary N) is 1. The quantitative estimate of drug-likeness (QED) is 0.889. The van der Waals surface area contributed by atoms with Gasteiger partial charge in [0, 0.05) is 12.2 Å². The van der Waals surface area contributed by atoms with Gasteiger partial charge in [-0.25, -0.2) is 4.98 Å². The molecule has 1 aliphatic heterocycles. The summed E-state index contributed by atoms with van der Waals surface area (Å²) in [5.41, 5.74) is 6.55. The lowest BCUT2D eigenvalue weighted by atomic mass is 10.2. The predicted octanol–water partition coefficient (Wildman–Crippen LogP) is 2.22. The van der Waals surface area contributed by atoms with Crippen molar-refractivity contribution in [1.82, 2.24) is 4.98 Å². The predicted molar refractivity (Wildman–Crippen MR) is 100 cm³/mol. The molecule has 26 heavy (non-hydrogen) atoms. The summed E-state index contributed by atoms with van der Waals surface area (Å²) < 4.78 is 5.70. The van der Waals surface area contributed by atoms with Crippen LogP contribution in [0, 0.1) is 0 Å². The summed E-state index contributed by atoms with van der Waals surface area (Å²) in [7, 11) is 0. The lowest BCUT2D eigenvalue weighted by molar-refractivity contribution is -0.128. The Hall–Kier alpha value is -3.09. The number of carbonyl (C=O) groups is 2. The monoisotopic (exact) mass is 354 g/mol. The van der Waals surface area contributed by atoms with Gasteiger partial charge < -0.3 is 15.4 Å². The molecule has 0 aliphatic carbocycles. The van der Waals surface area contributed by atoms with Gasteiger partial charge in [0.25, 0.3) is 5.91 Å². The van der Waals surface area contributed by atoms with E-state index in [-0.39, 0.29) is 30.0 Å². The summed E-state index contributed by atoms with van der Waals surface area (Å²) in [5, 5.41) is 0. The highest BCUT2D eigenvalue weighted by atomic mass is 16.5. The Labute approximate surface area is 152 Å². The number of hydrogen-bond donors (Lipinski definition) is 1. The number of pyridine rings is 1. The van der Waals surface area contributed by atoms with E-state index in [1.165, 1.54) is 4.90 Å². The van der Waals surface area contributed by atoms with Crippen molar-refractivity contribution in [2.75, 3.05) is 28.6 Å². The van der Waals surface area contributed by atoms with Crippen molar-refractivity contribution in [2.24, 2.45) is 0 Å². The first kappa shape index (κ1) is 17.7. The molecule has 1 aliphatic rings. The number of likely N-dealkylation sites (N-methyl/N-ethyl adjacent to an activating group) is 1. The number of carbonyl (C=O) groups excluding carboxylic acids is 2. The molecule has 1 atom stereocenters. The number of fused-ring (bicyclic) bond motifs is 1. The number of ether oxygens (including phenoxy) is 1. The van der Waals surface area contributed by atoms with E-state index in [1.807, 2.05) is 44.2 Å². The van der Waals surface area contributed by atoms with Crippen molar-refractivity contribution in [3.05, 3.63) is 42.5 Å². The first-order valence-corrected chi connectivity index (χ1v) is 8.65. The normalized spacial score (nSPS) is 16.0. The van der Waals surface area contributed by atoms with Crippen LogP contribution in [-0.4, -0.2) is 36.0 Å². The lowest BCUT2D eigenvalue weighted by Gasteiger charge is -2.34. The van der Waals surface area contributed by atoms with Gasteiger partial charge in [-0.2, -0.15) is 0 Å². The molecular formula is C19H22N4O3. The number of nitrogen functional groups attached to an aromatic ring is 1. The minimum absolute atomic E-state index is 0.120. The Kier molecular flexibility index (Phi) is 5.06. The number of hydrogen-bond acceptors (Lipinski definition) is 5. The van der Waals surface area contributed by atoms with Crippen LogP contribution < -0.4 is 20.3 Å². The molecule has 1 unspecified atom stereocenters. The number of anilines is 3. The van der Waals surface area contributed by atoms with Crippen molar-refractivity contribution < 1.29 is 14.3 Å². The highest BCUT2D eigenvalue weighted by Crippen LogP contribution is 2.33. The molecule has 136 valence electrons. The van der Waals surface area contributed by atoms with Crippen molar-refractivity contribution in [3.8, 4) is 5.75 Å². The Balaban J connectivity index is 1.91. The van der Waals surface area contributed by atoms with Crippen LogP contribution in [0.3, 0.4) is 0 Å². The molecule has 7 heteroatoms. The molecule has 0 spiro atoms. The van der Waals surface area contributed by atoms with Gasteiger partial charge in [0.05, 0.1) is 0 Å². The van der Waals surface area contributed by atoms with Gasteiger partial charge in [0.15, 0.2) is 17.7 Å². The molecule has 7 nitrogen and oxygen atoms in total. The Morgan fingerprint density at radius 3 is 2.62 bits per heavy atom. The first-order valence-electron chi connectivity index (χ1n) is 8.65. The van der Waals surface area contributed by atoms with Crippen LogP contribution in [0.2, 0.25) is 0 Å². The smallest absolute Gasteiger partial charge is 0.269 e. The summed E-state index contributed by atoms with van der Waals surface area (Å²) in [6.07, 6.45) is -0.128. The molecule has 2 amide bonds. The zero-order valence-corrected chi connectivity index (χ0v) is 14.9. The van der Waals surface area contributed by atoms with Gasteiger partial charge >= 0.3 is 0 Å². The van der Waals surface area contributed by atoms with Crippen LogP contribution in [-0.2, 0) is 9.59 Å². The second kappa shape index (κ2) is 7.43. The van der Waals surface area contributed by atoms with Crippen molar-refractivity contribution in [2.45, 2.75) is 26.4 Å². The third-order valence-corrected chi connectivity index (χ3v) is 4.28. The van der Waals surface area contributed by atoms with Crippen molar-refractivity contribution in [3.63, 3.8) is 0 Å². The molecule has 0 saturated carbocycles. The van der Waals surface area contributed by atoms with Gasteiger partial charge in [0.1, 0.15) is 12.4 Å². The van der Waals surface area contributed by atoms with Crippen LogP contribution in [0.4, 0.5) is 17.3 Å². The molecule has 2 heterocycles. The minimum atomic E-state index is -0.632. The average molecular weight is 354 g/mol. The first-order chi connectivity index (χ1) is 12.5. The summed E-state index contributed by atoms with van der Waals surface area (Å²) >= 11 is 0. The van der Waals surface area contributed by atoms with E-state index in [2.05, 4.69) is 4.98 Å². The maximum absolute atomic E-state index is 12.9. The molecule has 1 aromatic heterocycles. The van der Waals surface area contributed by atoms with Gasteiger partial charge in [-0.05, 0) is 37.6 Å². The molecule has 2 N–H and O–H groups in total. The largest absolute Gasteiger partial charge is 0.477 e. The van der Waals surface area contributed by atoms with Crippen LogP contribution in [0.5, 0.6) is 5.75 Å². The highest BCUT2D eigenvalue weighted by Gasteiger charge is 2.36. The van der Waals surface area contributed by atoms with E-state index < -0.39 is 6.10 Å². The number of amides is 2. The van der Waals surface area contributed by atoms with Gasteiger partial charge in [0.2, 0.25) is 5.91 Å². The average Bonchev–Trinajstić information content (AvgIpc) is 2.65. The van der Waals surface area contributed by atoms with E-state index in [9.17, 15) is 9.59 Å². The Morgan fingerprint density at radius 1 is 1.23 bits per heavy atom. The van der Waals surface area contributed by atoms with Gasteiger partial charge in [-0.15, -0.1) is 0 Å². The van der Waals surface area contributed by atoms with Crippen LogP contribution >= 0.6 is 0 Å². The summed E-state index contributed by atoms with van der Waals surface area (Å²) in [6, 6.07) is 12.7. The minimum Gasteiger partial charge on any atom is -0.477 e. The van der Waals surface area contributed by atoms with Crippen LogP contribution in [0.25, 0.3) is 0 Å². The molecule has 1 aromatic carbocycles. The number of aromatic nitrogens is 1. The van der Waals surface area contributed by atoms with Crippen LogP contribution in [0.1, 0.15) is 20.3 Å². The Bertz CT molecular complexity index is 810. The zero-order valence-electron chi connectivity index (χ0n) is 14.9. The second-order valence-electron chi connectivity index (χ2n) is 5.97. The summed E-state index contributed by atoms with van der Waals surface area (Å²) in [6.45, 7) is 4.13. The maximum atomic E-state index is 12.9. The van der Waals surface area contributed by atoms with E-state index >= 15 is 0 Å². The Morgan fingerprint density at radius 2 is 1.96 bits per heavy atom. The summed E-state index contributed by atoms with van der Waals surface area (Å²) in [5.74, 6) is 0.538. The van der Waals surface area contributed by atoms with E-state index in [4.69, 9.17) is 10.5 Å². The SMILES string of the molecule is CCC1Oc2ccc(N)nc2N(CC(=O)N(CC)c2ccccc2)C1=O. The zero-order chi connectivity index (χ0) is 18.7. The number of rotatable bonds is 5. The molecule has 2 aromatic rings. The molecular weight excluding hydrogens is 332 g/mol. The van der Waals surface area contributed by atoms with Gasteiger partial charge in [-0.3, -0.25) is 14.5 Å². The van der Waals surface area contributed by atoms with E-state index in [1.54, 1.807) is 17.0 Å². The molecule has 0 radical (unpaired) electrons. The van der Waals surface area contributed by atoms with E-state index in [0.29, 0.717) is 18.7 Å². The topological polar surface area (TPSA) is 88.8 Å². The maximum Gasteiger partial charge on any atom is 0.269 e. The van der Waals surface area contributed by atoms with Crippen molar-refractivity contribution >= 4 is 29.1 Å². The fourth-order valence-corrected chi connectivity index (χ4v) is 2.96. The molecule has 0 fully saturated rings. The van der Waals surface area contributed by atoms with Crippen LogP contribution in [0.15, 0.2) is 42.5 Å². The molecule has 0 saturated heterocycles. The fraction of sp³-hybridized carbons (Fsp3) is 0.316. The third-order valence-electron chi connectivity index (χ3n) is 4.28. The number of benzene rings is 1. The lowest BCUT2D eigenvalue weighted by Crippen LogP contribution is -2.50. The highest BCUT2D eigenvalue weighted by molar-refractivity contribution is 6.06. The van der Waals surface area contributed by atoms with Gasteiger partial charge in [-0.1, -0.05) is 25.1 Å². The second-order valence-corrected chi connectivity index (χ2v) is 5.97. The molecule has 0 bridgehead atoms. The molecule has 3 rings (SSSR count). The summed E-state index contributed by atoms with van der Waals surface area (Å²) in [4.78, 5) is 32.9. The fourth-order valence-electron chi connectivity index (χ4n) is 2.96.